The fourth-order valence-electron chi connectivity index (χ4n) is 1.48. The summed E-state index contributed by atoms with van der Waals surface area (Å²) >= 11 is 0. The van der Waals surface area contributed by atoms with Crippen LogP contribution in [0, 0.1) is 5.92 Å². The minimum Gasteiger partial charge on any atom is -0.171 e. The molecule has 1 rings (SSSR count). The van der Waals surface area contributed by atoms with Crippen molar-refractivity contribution in [3.8, 4) is 0 Å². The number of hydrogen-bond acceptors (Lipinski definition) is 0. The van der Waals surface area contributed by atoms with Crippen molar-refractivity contribution in [2.24, 2.45) is 5.92 Å². The number of halogens is 3. The summed E-state index contributed by atoms with van der Waals surface area (Å²) in [6.45, 7) is 5.26. The van der Waals surface area contributed by atoms with E-state index in [0.717, 1.165) is 5.57 Å². The topological polar surface area (TPSA) is 0 Å². The predicted molar refractivity (Wildman–Crippen MR) is 41.7 cm³/mol. The van der Waals surface area contributed by atoms with Crippen LogP contribution in [0.25, 0.3) is 0 Å². The summed E-state index contributed by atoms with van der Waals surface area (Å²) in [6, 6.07) is 0. The lowest BCUT2D eigenvalue weighted by atomic mass is 9.87. The van der Waals surface area contributed by atoms with E-state index in [4.69, 9.17) is 0 Å². The zero-order valence-electron chi connectivity index (χ0n) is 6.91. The first kappa shape index (κ1) is 9.36. The molecule has 68 valence electrons. The van der Waals surface area contributed by atoms with Gasteiger partial charge in [-0.05, 0) is 19.8 Å². The summed E-state index contributed by atoms with van der Waals surface area (Å²) in [6.07, 6.45) is -2.15. The van der Waals surface area contributed by atoms with Crippen molar-refractivity contribution in [1.29, 1.82) is 0 Å². The second kappa shape index (κ2) is 2.96. The minimum absolute atomic E-state index is 0.0564. The molecule has 0 fully saturated rings. The standard InChI is InChI=1S/C9H11F3/c1-6-3-7(2)5-8(4-6)9(10,11)12/h3,8H,1,4-5H2,2H3. The Balaban J connectivity index is 2.74. The molecule has 0 aromatic carbocycles. The van der Waals surface area contributed by atoms with Crippen LogP contribution in [0.5, 0.6) is 0 Å². The Morgan fingerprint density at radius 1 is 1.42 bits per heavy atom. The van der Waals surface area contributed by atoms with Gasteiger partial charge in [0.15, 0.2) is 0 Å². The van der Waals surface area contributed by atoms with E-state index in [0.29, 0.717) is 5.57 Å². The second-order valence-electron chi connectivity index (χ2n) is 3.30. The van der Waals surface area contributed by atoms with Crippen molar-refractivity contribution in [2.75, 3.05) is 0 Å². The predicted octanol–water partition coefficient (Wildman–Crippen LogP) is 3.46. The normalized spacial score (nSPS) is 25.5. The highest BCUT2D eigenvalue weighted by Gasteiger charge is 2.40. The Hall–Kier alpha value is -0.730. The molecule has 0 aliphatic heterocycles. The Kier molecular flexibility index (Phi) is 2.31. The molecule has 1 atom stereocenters. The molecule has 1 aliphatic rings. The first-order valence-corrected chi connectivity index (χ1v) is 3.81. The highest BCUT2D eigenvalue weighted by molar-refractivity contribution is 5.24. The first-order valence-electron chi connectivity index (χ1n) is 3.81. The van der Waals surface area contributed by atoms with Crippen LogP contribution in [0.1, 0.15) is 19.8 Å². The SMILES string of the molecule is C=C1C=C(C)CC(C(F)(F)F)C1. The number of hydrogen-bond donors (Lipinski definition) is 0. The molecule has 1 unspecified atom stereocenters. The minimum atomic E-state index is -4.07. The lowest BCUT2D eigenvalue weighted by Gasteiger charge is -2.24. The van der Waals surface area contributed by atoms with Gasteiger partial charge in [0.1, 0.15) is 0 Å². The summed E-state index contributed by atoms with van der Waals surface area (Å²) in [5, 5.41) is 0. The average Bonchev–Trinajstić information content (AvgIpc) is 1.82. The molecule has 0 radical (unpaired) electrons. The van der Waals surface area contributed by atoms with Gasteiger partial charge in [0, 0.05) is 0 Å². The van der Waals surface area contributed by atoms with Crippen LogP contribution in [0.3, 0.4) is 0 Å². The molecule has 0 bridgehead atoms. The first-order chi connectivity index (χ1) is 5.39. The third-order valence-electron chi connectivity index (χ3n) is 1.99. The van der Waals surface area contributed by atoms with Crippen molar-refractivity contribution in [3.05, 3.63) is 23.8 Å². The van der Waals surface area contributed by atoms with E-state index in [1.54, 1.807) is 13.0 Å². The van der Waals surface area contributed by atoms with Gasteiger partial charge in [0.05, 0.1) is 5.92 Å². The van der Waals surface area contributed by atoms with E-state index >= 15 is 0 Å². The number of rotatable bonds is 0. The zero-order valence-corrected chi connectivity index (χ0v) is 6.91. The molecule has 0 aromatic rings. The highest BCUT2D eigenvalue weighted by Crippen LogP contribution is 2.38. The fourth-order valence-corrected chi connectivity index (χ4v) is 1.48. The average molecular weight is 176 g/mol. The highest BCUT2D eigenvalue weighted by atomic mass is 19.4. The van der Waals surface area contributed by atoms with Crippen LogP contribution in [-0.4, -0.2) is 6.18 Å². The molecule has 3 heteroatoms. The van der Waals surface area contributed by atoms with Crippen LogP contribution in [0.4, 0.5) is 13.2 Å². The summed E-state index contributed by atoms with van der Waals surface area (Å²) in [5.41, 5.74) is 1.36. The van der Waals surface area contributed by atoms with E-state index in [9.17, 15) is 13.2 Å². The zero-order chi connectivity index (χ0) is 9.35. The molecule has 0 heterocycles. The largest absolute Gasteiger partial charge is 0.392 e. The molecular weight excluding hydrogens is 165 g/mol. The molecule has 0 amide bonds. The van der Waals surface area contributed by atoms with Gasteiger partial charge in [0.25, 0.3) is 0 Å². The summed E-state index contributed by atoms with van der Waals surface area (Å²) in [5.74, 6) is -1.21. The number of allylic oxidation sites excluding steroid dienone is 3. The Morgan fingerprint density at radius 2 is 2.00 bits per heavy atom. The maximum absolute atomic E-state index is 12.2. The molecule has 0 saturated carbocycles. The summed E-state index contributed by atoms with van der Waals surface area (Å²) in [7, 11) is 0. The third-order valence-corrected chi connectivity index (χ3v) is 1.99. The molecule has 0 nitrogen and oxygen atoms in total. The van der Waals surface area contributed by atoms with Gasteiger partial charge in [-0.3, -0.25) is 0 Å². The molecule has 1 aliphatic carbocycles. The van der Waals surface area contributed by atoms with Crippen LogP contribution in [-0.2, 0) is 0 Å². The van der Waals surface area contributed by atoms with Crippen molar-refractivity contribution < 1.29 is 13.2 Å². The van der Waals surface area contributed by atoms with E-state index < -0.39 is 12.1 Å². The van der Waals surface area contributed by atoms with Crippen molar-refractivity contribution in [2.45, 2.75) is 25.9 Å². The fraction of sp³-hybridized carbons (Fsp3) is 0.556. The van der Waals surface area contributed by atoms with Gasteiger partial charge in [-0.1, -0.05) is 23.8 Å². The summed E-state index contributed by atoms with van der Waals surface area (Å²) < 4.78 is 36.7. The van der Waals surface area contributed by atoms with Crippen LogP contribution >= 0.6 is 0 Å². The Bertz CT molecular complexity index is 222. The van der Waals surface area contributed by atoms with Gasteiger partial charge in [0.2, 0.25) is 0 Å². The quantitative estimate of drug-likeness (QED) is 0.530. The van der Waals surface area contributed by atoms with E-state index in [1.165, 1.54) is 0 Å². The molecule has 0 aromatic heterocycles. The lowest BCUT2D eigenvalue weighted by molar-refractivity contribution is -0.174. The molecule has 0 saturated heterocycles. The van der Waals surface area contributed by atoms with Crippen molar-refractivity contribution >= 4 is 0 Å². The van der Waals surface area contributed by atoms with E-state index in [1.807, 2.05) is 0 Å². The Morgan fingerprint density at radius 3 is 2.42 bits per heavy atom. The van der Waals surface area contributed by atoms with Crippen molar-refractivity contribution in [1.82, 2.24) is 0 Å². The smallest absolute Gasteiger partial charge is 0.171 e. The van der Waals surface area contributed by atoms with Crippen molar-refractivity contribution in [3.63, 3.8) is 0 Å². The maximum Gasteiger partial charge on any atom is 0.392 e. The van der Waals surface area contributed by atoms with Crippen LogP contribution in [0.15, 0.2) is 23.8 Å². The van der Waals surface area contributed by atoms with Crippen LogP contribution < -0.4 is 0 Å². The number of alkyl halides is 3. The van der Waals surface area contributed by atoms with E-state index in [2.05, 4.69) is 6.58 Å². The van der Waals surface area contributed by atoms with E-state index in [-0.39, 0.29) is 12.8 Å². The van der Waals surface area contributed by atoms with Crippen LogP contribution in [0.2, 0.25) is 0 Å². The maximum atomic E-state index is 12.2. The van der Waals surface area contributed by atoms with Gasteiger partial charge < -0.3 is 0 Å². The molecule has 12 heavy (non-hydrogen) atoms. The van der Waals surface area contributed by atoms with Gasteiger partial charge in [-0.15, -0.1) is 0 Å². The monoisotopic (exact) mass is 176 g/mol. The van der Waals surface area contributed by atoms with Gasteiger partial charge >= 0.3 is 6.18 Å². The van der Waals surface area contributed by atoms with Gasteiger partial charge in [-0.2, -0.15) is 13.2 Å². The molecule has 0 N–H and O–H groups in total. The Labute approximate surface area is 69.8 Å². The van der Waals surface area contributed by atoms with Gasteiger partial charge in [-0.25, -0.2) is 0 Å². The molecular formula is C9H11F3. The summed E-state index contributed by atoms with van der Waals surface area (Å²) in [4.78, 5) is 0. The third kappa shape index (κ3) is 2.13. The second-order valence-corrected chi connectivity index (χ2v) is 3.30. The molecule has 0 spiro atoms. The lowest BCUT2D eigenvalue weighted by Crippen LogP contribution is -2.25.